The maximum atomic E-state index is 11.0. The Balaban J connectivity index is 1.31. The largest absolute Gasteiger partial charge is 0.489 e. The van der Waals surface area contributed by atoms with Gasteiger partial charge in [-0.15, -0.1) is 5.10 Å². The van der Waals surface area contributed by atoms with E-state index >= 15 is 0 Å². The molecule has 0 unspecified atom stereocenters. The van der Waals surface area contributed by atoms with Gasteiger partial charge in [0.1, 0.15) is 18.7 Å². The topological polar surface area (TPSA) is 106 Å². The SMILES string of the molecule is O=C(O)N1CCC(c2ccc(COc3ccc(-n4cnnn4)cc3)cn2)CC1. The Morgan fingerprint density at radius 2 is 1.93 bits per heavy atom. The van der Waals surface area contributed by atoms with E-state index in [1.807, 2.05) is 42.6 Å². The molecule has 1 aromatic carbocycles. The van der Waals surface area contributed by atoms with Gasteiger partial charge in [0.05, 0.1) is 5.69 Å². The molecule has 1 amide bonds. The van der Waals surface area contributed by atoms with Crippen molar-refractivity contribution in [1.82, 2.24) is 30.1 Å². The molecule has 1 saturated heterocycles. The normalized spacial score (nSPS) is 14.8. The smallest absolute Gasteiger partial charge is 0.407 e. The van der Waals surface area contributed by atoms with Gasteiger partial charge >= 0.3 is 6.09 Å². The minimum atomic E-state index is -0.843. The van der Waals surface area contributed by atoms with Crippen molar-refractivity contribution in [2.45, 2.75) is 25.4 Å². The van der Waals surface area contributed by atoms with Gasteiger partial charge in [-0.05, 0) is 53.6 Å². The van der Waals surface area contributed by atoms with Crippen molar-refractivity contribution in [1.29, 1.82) is 0 Å². The van der Waals surface area contributed by atoms with Crippen LogP contribution in [0, 0.1) is 0 Å². The fourth-order valence-corrected chi connectivity index (χ4v) is 3.27. The van der Waals surface area contributed by atoms with Gasteiger partial charge in [0.25, 0.3) is 0 Å². The van der Waals surface area contributed by atoms with Crippen LogP contribution in [0.25, 0.3) is 5.69 Å². The molecule has 0 aliphatic carbocycles. The first-order valence-corrected chi connectivity index (χ1v) is 9.08. The van der Waals surface area contributed by atoms with E-state index in [2.05, 4.69) is 20.5 Å². The van der Waals surface area contributed by atoms with Crippen molar-refractivity contribution in [3.05, 3.63) is 60.2 Å². The predicted molar refractivity (Wildman–Crippen MR) is 99.3 cm³/mol. The summed E-state index contributed by atoms with van der Waals surface area (Å²) in [7, 11) is 0. The number of ether oxygens (including phenoxy) is 1. The number of carboxylic acid groups (broad SMARTS) is 1. The van der Waals surface area contributed by atoms with Crippen LogP contribution in [0.15, 0.2) is 48.9 Å². The first kappa shape index (κ1) is 17.9. The average molecular weight is 380 g/mol. The molecule has 0 bridgehead atoms. The van der Waals surface area contributed by atoms with Crippen LogP contribution in [0.2, 0.25) is 0 Å². The van der Waals surface area contributed by atoms with E-state index in [9.17, 15) is 4.79 Å². The van der Waals surface area contributed by atoms with Gasteiger partial charge in [0.2, 0.25) is 0 Å². The third kappa shape index (κ3) is 4.08. The number of aromatic nitrogens is 5. The number of piperidine rings is 1. The lowest BCUT2D eigenvalue weighted by molar-refractivity contribution is 0.131. The fraction of sp³-hybridized carbons (Fsp3) is 0.316. The maximum absolute atomic E-state index is 11.0. The fourth-order valence-electron chi connectivity index (χ4n) is 3.27. The summed E-state index contributed by atoms with van der Waals surface area (Å²) in [5.41, 5.74) is 2.85. The first-order chi connectivity index (χ1) is 13.7. The van der Waals surface area contributed by atoms with Crippen molar-refractivity contribution < 1.29 is 14.6 Å². The number of rotatable bonds is 5. The summed E-state index contributed by atoms with van der Waals surface area (Å²) in [6.45, 7) is 1.55. The highest BCUT2D eigenvalue weighted by Gasteiger charge is 2.24. The molecule has 4 rings (SSSR count). The van der Waals surface area contributed by atoms with Crippen molar-refractivity contribution in [3.63, 3.8) is 0 Å². The van der Waals surface area contributed by atoms with Crippen molar-refractivity contribution in [3.8, 4) is 11.4 Å². The number of likely N-dealkylation sites (tertiary alicyclic amines) is 1. The number of carbonyl (C=O) groups is 1. The highest BCUT2D eigenvalue weighted by atomic mass is 16.5. The van der Waals surface area contributed by atoms with Crippen LogP contribution in [-0.4, -0.2) is 54.4 Å². The maximum Gasteiger partial charge on any atom is 0.407 e. The second-order valence-electron chi connectivity index (χ2n) is 6.67. The van der Waals surface area contributed by atoms with Gasteiger partial charge in [-0.25, -0.2) is 9.48 Å². The van der Waals surface area contributed by atoms with Gasteiger partial charge < -0.3 is 14.7 Å². The van der Waals surface area contributed by atoms with Gasteiger partial charge in [-0.1, -0.05) is 6.07 Å². The molecule has 1 N–H and O–H groups in total. The van der Waals surface area contributed by atoms with Crippen LogP contribution in [0.1, 0.15) is 30.0 Å². The third-order valence-corrected chi connectivity index (χ3v) is 4.89. The lowest BCUT2D eigenvalue weighted by atomic mass is 9.93. The first-order valence-electron chi connectivity index (χ1n) is 9.08. The summed E-state index contributed by atoms with van der Waals surface area (Å²) < 4.78 is 7.39. The number of tetrazole rings is 1. The summed E-state index contributed by atoms with van der Waals surface area (Å²) in [5, 5.41) is 20.1. The van der Waals surface area contributed by atoms with Crippen molar-refractivity contribution in [2.24, 2.45) is 0 Å². The Labute approximate surface area is 161 Å². The van der Waals surface area contributed by atoms with Crippen LogP contribution >= 0.6 is 0 Å². The zero-order valence-corrected chi connectivity index (χ0v) is 15.2. The van der Waals surface area contributed by atoms with Crippen molar-refractivity contribution >= 4 is 6.09 Å². The molecular weight excluding hydrogens is 360 g/mol. The number of amides is 1. The molecule has 9 heteroatoms. The van der Waals surface area contributed by atoms with Crippen LogP contribution < -0.4 is 4.74 Å². The van der Waals surface area contributed by atoms with Gasteiger partial charge in [0, 0.05) is 36.5 Å². The summed E-state index contributed by atoms with van der Waals surface area (Å²) in [5.74, 6) is 1.06. The predicted octanol–water partition coefficient (Wildman–Crippen LogP) is 2.49. The molecule has 3 aromatic rings. The number of hydrogen-bond acceptors (Lipinski definition) is 6. The van der Waals surface area contributed by atoms with E-state index in [4.69, 9.17) is 9.84 Å². The second kappa shape index (κ2) is 8.03. The van der Waals surface area contributed by atoms with Crippen LogP contribution in [0.3, 0.4) is 0 Å². The van der Waals surface area contributed by atoms with Gasteiger partial charge in [-0.2, -0.15) is 0 Å². The quantitative estimate of drug-likeness (QED) is 0.725. The Bertz CT molecular complexity index is 904. The minimum absolute atomic E-state index is 0.310. The number of hydrogen-bond donors (Lipinski definition) is 1. The Morgan fingerprint density at radius 1 is 1.14 bits per heavy atom. The van der Waals surface area contributed by atoms with E-state index in [1.54, 1.807) is 4.68 Å². The van der Waals surface area contributed by atoms with E-state index < -0.39 is 6.09 Å². The summed E-state index contributed by atoms with van der Waals surface area (Å²) in [4.78, 5) is 17.0. The number of pyridine rings is 1. The molecule has 1 fully saturated rings. The molecule has 28 heavy (non-hydrogen) atoms. The van der Waals surface area contributed by atoms with Crippen LogP contribution in [0.4, 0.5) is 4.79 Å². The highest BCUT2D eigenvalue weighted by molar-refractivity contribution is 5.65. The zero-order valence-electron chi connectivity index (χ0n) is 15.2. The molecule has 144 valence electrons. The van der Waals surface area contributed by atoms with E-state index in [1.165, 1.54) is 11.2 Å². The Kier molecular flexibility index (Phi) is 5.14. The molecule has 0 radical (unpaired) electrons. The van der Waals surface area contributed by atoms with E-state index in [0.29, 0.717) is 25.6 Å². The van der Waals surface area contributed by atoms with Gasteiger partial charge in [-0.3, -0.25) is 4.98 Å². The number of nitrogens with zero attached hydrogens (tertiary/aromatic N) is 6. The molecule has 0 atom stereocenters. The van der Waals surface area contributed by atoms with Crippen LogP contribution in [0.5, 0.6) is 5.75 Å². The molecule has 1 aliphatic heterocycles. The molecule has 3 heterocycles. The van der Waals surface area contributed by atoms with Crippen molar-refractivity contribution in [2.75, 3.05) is 13.1 Å². The van der Waals surface area contributed by atoms with E-state index in [0.717, 1.165) is 35.5 Å². The van der Waals surface area contributed by atoms with E-state index in [-0.39, 0.29) is 0 Å². The second-order valence-corrected chi connectivity index (χ2v) is 6.67. The van der Waals surface area contributed by atoms with Crippen LogP contribution in [-0.2, 0) is 6.61 Å². The molecular formula is C19H20N6O3. The minimum Gasteiger partial charge on any atom is -0.489 e. The molecule has 9 nitrogen and oxygen atoms in total. The monoisotopic (exact) mass is 380 g/mol. The Hall–Kier alpha value is -3.49. The molecule has 1 aliphatic rings. The Morgan fingerprint density at radius 3 is 2.54 bits per heavy atom. The highest BCUT2D eigenvalue weighted by Crippen LogP contribution is 2.26. The third-order valence-electron chi connectivity index (χ3n) is 4.89. The molecule has 0 spiro atoms. The lowest BCUT2D eigenvalue weighted by Gasteiger charge is -2.29. The summed E-state index contributed by atoms with van der Waals surface area (Å²) in [6.07, 6.45) is 4.14. The van der Waals surface area contributed by atoms with Gasteiger partial charge in [0.15, 0.2) is 0 Å². The molecule has 2 aromatic heterocycles. The standard InChI is InChI=1S/C19H20N6O3/c26-19(27)24-9-7-15(8-10-24)18-6-1-14(11-20-18)12-28-17-4-2-16(3-5-17)25-13-21-22-23-25/h1-6,11,13,15H,7-10,12H2,(H,26,27). The molecule has 0 saturated carbocycles. The zero-order chi connectivity index (χ0) is 19.3. The summed E-state index contributed by atoms with van der Waals surface area (Å²) >= 11 is 0. The lowest BCUT2D eigenvalue weighted by Crippen LogP contribution is -2.36. The average Bonchev–Trinajstić information content (AvgIpc) is 3.28. The number of benzene rings is 1. The summed E-state index contributed by atoms with van der Waals surface area (Å²) in [6, 6.07) is 11.5.